The highest BCUT2D eigenvalue weighted by molar-refractivity contribution is 9.19. The molecule has 1 atom stereocenters. The second-order valence-electron chi connectivity index (χ2n) is 8.67. The van der Waals surface area contributed by atoms with Crippen molar-refractivity contribution in [3.05, 3.63) is 71.3 Å². The molecule has 0 saturated heterocycles. The number of hydrogen-bond acceptors (Lipinski definition) is 5. The normalized spacial score (nSPS) is 18.5. The molecule has 0 fully saturated rings. The van der Waals surface area contributed by atoms with Crippen LogP contribution in [-0.2, 0) is 22.5 Å². The molecule has 0 radical (unpaired) electrons. The Kier molecular flexibility index (Phi) is 7.47. The van der Waals surface area contributed by atoms with Gasteiger partial charge in [-0.2, -0.15) is 0 Å². The first-order chi connectivity index (χ1) is 15.9. The van der Waals surface area contributed by atoms with Crippen LogP contribution in [0.4, 0.5) is 18.4 Å². The Morgan fingerprint density at radius 3 is 2.29 bits per heavy atom. The number of imide groups is 1. The number of ether oxygens (including phenoxy) is 1. The molecule has 2 aromatic carbocycles. The summed E-state index contributed by atoms with van der Waals surface area (Å²) in [5.41, 5.74) is 1.71. The Morgan fingerprint density at radius 1 is 1.09 bits per heavy atom. The van der Waals surface area contributed by atoms with Gasteiger partial charge in [0.15, 0.2) is 0 Å². The topological polar surface area (TPSA) is 88.1 Å². The van der Waals surface area contributed by atoms with Crippen LogP contribution in [0.15, 0.2) is 53.6 Å². The maximum atomic E-state index is 14.5. The summed E-state index contributed by atoms with van der Waals surface area (Å²) < 4.78 is 33.0. The SMILES string of the molecule is CC(C)(C)OC(=O)NN1C(=O)C(Br)=N[N@+](CCc2ccccc2)(Cc2c(F)cccc2F)C1=O. The molecule has 2 aromatic rings. The Hall–Kier alpha value is -3.18. The van der Waals surface area contributed by atoms with Crippen molar-refractivity contribution in [2.45, 2.75) is 39.3 Å². The molecule has 0 bridgehead atoms. The highest BCUT2D eigenvalue weighted by Gasteiger charge is 2.51. The molecule has 34 heavy (non-hydrogen) atoms. The van der Waals surface area contributed by atoms with Crippen LogP contribution < -0.4 is 5.43 Å². The minimum absolute atomic E-state index is 0.0501. The Morgan fingerprint density at radius 2 is 1.71 bits per heavy atom. The lowest BCUT2D eigenvalue weighted by Crippen LogP contribution is -2.66. The van der Waals surface area contributed by atoms with Crippen LogP contribution >= 0.6 is 15.9 Å². The summed E-state index contributed by atoms with van der Waals surface area (Å²) in [6.45, 7) is 4.27. The van der Waals surface area contributed by atoms with Gasteiger partial charge in [0.25, 0.3) is 0 Å². The molecule has 0 aromatic heterocycles. The summed E-state index contributed by atoms with van der Waals surface area (Å²) in [4.78, 5) is 38.6. The Bertz CT molecular complexity index is 1120. The van der Waals surface area contributed by atoms with Gasteiger partial charge in [0.2, 0.25) is 4.62 Å². The van der Waals surface area contributed by atoms with Crippen LogP contribution in [-0.4, -0.2) is 44.4 Å². The molecule has 8 nitrogen and oxygen atoms in total. The molecule has 0 saturated carbocycles. The van der Waals surface area contributed by atoms with E-state index >= 15 is 0 Å². The minimum Gasteiger partial charge on any atom is -0.443 e. The van der Waals surface area contributed by atoms with Crippen molar-refractivity contribution in [1.82, 2.24) is 10.4 Å². The maximum Gasteiger partial charge on any atom is 0.472 e. The molecule has 4 amide bonds. The van der Waals surface area contributed by atoms with Crippen molar-refractivity contribution in [2.24, 2.45) is 5.10 Å². The van der Waals surface area contributed by atoms with Crippen LogP contribution in [0.1, 0.15) is 31.9 Å². The summed E-state index contributed by atoms with van der Waals surface area (Å²) >= 11 is 3.04. The number of nitrogens with zero attached hydrogens (tertiary/aromatic N) is 3. The first kappa shape index (κ1) is 25.4. The van der Waals surface area contributed by atoms with Crippen molar-refractivity contribution in [3.8, 4) is 0 Å². The molecule has 1 aliphatic heterocycles. The summed E-state index contributed by atoms with van der Waals surface area (Å²) in [6.07, 6.45) is -0.754. The first-order valence-corrected chi connectivity index (χ1v) is 11.2. The van der Waals surface area contributed by atoms with Crippen molar-refractivity contribution >= 4 is 38.6 Å². The zero-order chi connectivity index (χ0) is 25.1. The molecule has 1 aliphatic rings. The molecule has 1 heterocycles. The van der Waals surface area contributed by atoms with E-state index in [4.69, 9.17) is 4.74 Å². The number of nitrogens with one attached hydrogen (secondary N) is 1. The average molecular weight is 538 g/mol. The van der Waals surface area contributed by atoms with Crippen LogP contribution in [0.2, 0.25) is 0 Å². The van der Waals surface area contributed by atoms with Crippen molar-refractivity contribution in [3.63, 3.8) is 0 Å². The van der Waals surface area contributed by atoms with Crippen molar-refractivity contribution in [2.75, 3.05) is 6.54 Å². The minimum atomic E-state index is -1.05. The molecular formula is C23H24BrF2N4O4+. The van der Waals surface area contributed by atoms with E-state index in [1.165, 1.54) is 6.07 Å². The van der Waals surface area contributed by atoms with Crippen LogP contribution in [0, 0.1) is 11.6 Å². The molecule has 3 rings (SSSR count). The lowest BCUT2D eigenvalue weighted by molar-refractivity contribution is -0.874. The van der Waals surface area contributed by atoms with Crippen molar-refractivity contribution in [1.29, 1.82) is 0 Å². The van der Waals surface area contributed by atoms with E-state index in [-0.39, 0.29) is 16.7 Å². The first-order valence-electron chi connectivity index (χ1n) is 10.4. The summed E-state index contributed by atoms with van der Waals surface area (Å²) in [6, 6.07) is 11.5. The molecule has 0 aliphatic carbocycles. The van der Waals surface area contributed by atoms with Crippen molar-refractivity contribution < 1.29 is 32.5 Å². The molecule has 1 N–H and O–H groups in total. The third-order valence-electron chi connectivity index (χ3n) is 4.90. The van der Waals surface area contributed by atoms with Gasteiger partial charge in [-0.25, -0.2) is 23.8 Å². The van der Waals surface area contributed by atoms with Gasteiger partial charge < -0.3 is 4.74 Å². The second-order valence-corrected chi connectivity index (χ2v) is 9.42. The predicted molar refractivity (Wildman–Crippen MR) is 123 cm³/mol. The zero-order valence-corrected chi connectivity index (χ0v) is 20.4. The van der Waals surface area contributed by atoms with Crippen LogP contribution in [0.3, 0.4) is 0 Å². The van der Waals surface area contributed by atoms with Gasteiger partial charge >= 0.3 is 18.0 Å². The second kappa shape index (κ2) is 9.98. The standard InChI is InChI=1S/C23H23BrF2N4O4/c1-23(2,3)34-21(32)27-29-20(31)19(24)28-30(22(29)33,13-12-15-8-5-4-6-9-15)14-16-17(25)10-7-11-18(16)26/h4-11H,12-14H2,1-3H3/p+1/t30-/m1/s1. The van der Waals surface area contributed by atoms with E-state index < -0.39 is 46.4 Å². The third kappa shape index (κ3) is 5.84. The van der Waals surface area contributed by atoms with Crippen LogP contribution in [0.5, 0.6) is 0 Å². The van der Waals surface area contributed by atoms with E-state index in [9.17, 15) is 23.2 Å². The van der Waals surface area contributed by atoms with Gasteiger partial charge in [-0.3, -0.25) is 4.79 Å². The fourth-order valence-corrected chi connectivity index (χ4v) is 3.82. The number of quaternary nitrogens is 1. The van der Waals surface area contributed by atoms with Gasteiger partial charge in [0.05, 0.1) is 5.56 Å². The monoisotopic (exact) mass is 537 g/mol. The predicted octanol–water partition coefficient (Wildman–Crippen LogP) is 4.63. The fourth-order valence-electron chi connectivity index (χ4n) is 3.34. The molecule has 0 unspecified atom stereocenters. The quantitative estimate of drug-likeness (QED) is 0.544. The smallest absolute Gasteiger partial charge is 0.443 e. The number of benzene rings is 2. The number of hydrazine groups is 1. The number of carbonyl (C=O) groups is 3. The number of carbonyl (C=O) groups excluding carboxylic acids is 3. The van der Waals surface area contributed by atoms with Gasteiger partial charge in [-0.05, 0) is 54.4 Å². The van der Waals surface area contributed by atoms with E-state index in [2.05, 4.69) is 26.5 Å². The fraction of sp³-hybridized carbons (Fsp3) is 0.304. The Balaban J connectivity index is 2.02. The van der Waals surface area contributed by atoms with E-state index in [0.29, 0.717) is 11.4 Å². The zero-order valence-electron chi connectivity index (χ0n) is 18.8. The lowest BCUT2D eigenvalue weighted by atomic mass is 10.1. The van der Waals surface area contributed by atoms with Crippen LogP contribution in [0.25, 0.3) is 0 Å². The van der Waals surface area contributed by atoms with Gasteiger partial charge in [0.1, 0.15) is 30.3 Å². The number of halogens is 3. The molecule has 180 valence electrons. The van der Waals surface area contributed by atoms with Gasteiger partial charge in [-0.1, -0.05) is 41.5 Å². The molecular weight excluding hydrogens is 514 g/mol. The van der Waals surface area contributed by atoms with Gasteiger partial charge in [-0.15, -0.1) is 9.60 Å². The third-order valence-corrected chi connectivity index (χ3v) is 5.40. The molecule has 0 spiro atoms. The number of amides is 4. The lowest BCUT2D eigenvalue weighted by Gasteiger charge is -2.36. The largest absolute Gasteiger partial charge is 0.472 e. The summed E-state index contributed by atoms with van der Waals surface area (Å²) in [5, 5.41) is 4.66. The summed E-state index contributed by atoms with van der Waals surface area (Å²) in [5.74, 6) is -2.67. The molecule has 11 heteroatoms. The number of rotatable bonds is 6. The van der Waals surface area contributed by atoms with E-state index in [0.717, 1.165) is 17.7 Å². The highest BCUT2D eigenvalue weighted by atomic mass is 79.9. The number of hydrogen-bond donors (Lipinski definition) is 1. The average Bonchev–Trinajstić information content (AvgIpc) is 2.76. The van der Waals surface area contributed by atoms with E-state index in [1.807, 2.05) is 30.3 Å². The number of urea groups is 1. The summed E-state index contributed by atoms with van der Waals surface area (Å²) in [7, 11) is 0. The maximum absolute atomic E-state index is 14.5. The van der Waals surface area contributed by atoms with Gasteiger partial charge in [0, 0.05) is 6.42 Å². The Labute approximate surface area is 203 Å². The van der Waals surface area contributed by atoms with E-state index in [1.54, 1.807) is 20.8 Å². The highest BCUT2D eigenvalue weighted by Crippen LogP contribution is 2.28.